The molecule has 1 aromatic carbocycles. The molecule has 0 aromatic heterocycles. The molecule has 0 bridgehead atoms. The van der Waals surface area contributed by atoms with Crippen LogP contribution in [-0.4, -0.2) is 25.7 Å². The second-order valence-corrected chi connectivity index (χ2v) is 10.1. The lowest BCUT2D eigenvalue weighted by atomic mass is 9.37. The van der Waals surface area contributed by atoms with Crippen molar-refractivity contribution in [1.82, 2.24) is 0 Å². The minimum atomic E-state index is -0.619. The SMILES string of the molecule is CCCCCCB(CCCCCC)/C(CCCCCC)=C(/c1ccccc1)C1(C)OCCO1. The van der Waals surface area contributed by atoms with Gasteiger partial charge in [-0.15, -0.1) is 0 Å². The molecule has 1 aliphatic heterocycles. The standard InChI is InChI=1S/C30H51BO2/c1-5-8-11-17-22-28(31(23-18-12-9-6-2)24-19-13-10-7-3)29(27-20-15-14-16-21-27)30(4)32-25-26-33-30/h14-16,20-21H,5-13,17-19,22-26H2,1-4H3/b29-28-. The van der Waals surface area contributed by atoms with Crippen molar-refractivity contribution in [2.75, 3.05) is 13.2 Å². The Hall–Kier alpha value is -1.06. The molecule has 1 saturated heterocycles. The largest absolute Gasteiger partial charge is 0.344 e. The van der Waals surface area contributed by atoms with E-state index >= 15 is 0 Å². The van der Waals surface area contributed by atoms with E-state index in [1.165, 1.54) is 107 Å². The first-order chi connectivity index (χ1) is 16.2. The van der Waals surface area contributed by atoms with Crippen molar-refractivity contribution in [2.24, 2.45) is 0 Å². The predicted octanol–water partition coefficient (Wildman–Crippen LogP) is 9.37. The lowest BCUT2D eigenvalue weighted by Gasteiger charge is -2.32. The van der Waals surface area contributed by atoms with Crippen LogP contribution in [0, 0.1) is 0 Å². The van der Waals surface area contributed by atoms with Gasteiger partial charge in [-0.05, 0) is 18.9 Å². The van der Waals surface area contributed by atoms with E-state index in [1.54, 1.807) is 5.47 Å². The molecular weight excluding hydrogens is 403 g/mol. The molecule has 3 heteroatoms. The summed E-state index contributed by atoms with van der Waals surface area (Å²) in [5.41, 5.74) is 4.27. The summed E-state index contributed by atoms with van der Waals surface area (Å²) in [5, 5.41) is 0. The zero-order valence-electron chi connectivity index (χ0n) is 22.3. The quantitative estimate of drug-likeness (QED) is 0.162. The van der Waals surface area contributed by atoms with Crippen molar-refractivity contribution in [2.45, 2.75) is 130 Å². The number of benzene rings is 1. The number of hydrogen-bond donors (Lipinski definition) is 0. The van der Waals surface area contributed by atoms with Gasteiger partial charge in [0, 0.05) is 5.57 Å². The topological polar surface area (TPSA) is 18.5 Å². The lowest BCUT2D eigenvalue weighted by molar-refractivity contribution is -0.0906. The number of allylic oxidation sites excluding steroid dienone is 1. The van der Waals surface area contributed by atoms with Crippen LogP contribution in [0.4, 0.5) is 0 Å². The highest BCUT2D eigenvalue weighted by atomic mass is 16.7. The Labute approximate surface area is 206 Å². The van der Waals surface area contributed by atoms with E-state index in [1.807, 2.05) is 0 Å². The number of hydrogen-bond acceptors (Lipinski definition) is 2. The van der Waals surface area contributed by atoms with Crippen LogP contribution in [0.1, 0.15) is 117 Å². The molecule has 1 aromatic rings. The molecule has 0 atom stereocenters. The lowest BCUT2D eigenvalue weighted by Crippen LogP contribution is -2.32. The summed E-state index contributed by atoms with van der Waals surface area (Å²) >= 11 is 0. The highest BCUT2D eigenvalue weighted by Gasteiger charge is 2.39. The van der Waals surface area contributed by atoms with Gasteiger partial charge in [0.1, 0.15) is 0 Å². The van der Waals surface area contributed by atoms with Gasteiger partial charge in [-0.2, -0.15) is 0 Å². The average molecular weight is 455 g/mol. The third-order valence-electron chi connectivity index (χ3n) is 7.28. The molecule has 0 aliphatic carbocycles. The Bertz CT molecular complexity index is 637. The zero-order valence-corrected chi connectivity index (χ0v) is 22.3. The maximum atomic E-state index is 6.32. The Kier molecular flexibility index (Phi) is 14.1. The molecule has 33 heavy (non-hydrogen) atoms. The summed E-state index contributed by atoms with van der Waals surface area (Å²) < 4.78 is 12.6. The fourth-order valence-corrected chi connectivity index (χ4v) is 5.41. The molecule has 2 nitrogen and oxygen atoms in total. The Morgan fingerprint density at radius 3 is 1.76 bits per heavy atom. The summed E-state index contributed by atoms with van der Waals surface area (Å²) in [6.45, 7) is 11.1. The maximum Gasteiger partial charge on any atom is 0.191 e. The normalized spacial score (nSPS) is 16.1. The molecular formula is C30H51BO2. The second kappa shape index (κ2) is 16.6. The molecule has 2 rings (SSSR count). The van der Waals surface area contributed by atoms with Crippen LogP contribution in [0.3, 0.4) is 0 Å². The van der Waals surface area contributed by atoms with Gasteiger partial charge in [0.2, 0.25) is 0 Å². The monoisotopic (exact) mass is 454 g/mol. The summed E-state index contributed by atoms with van der Waals surface area (Å²) in [5.74, 6) is -0.619. The van der Waals surface area contributed by atoms with Crippen LogP contribution in [0.2, 0.25) is 12.6 Å². The first-order valence-electron chi connectivity index (χ1n) is 14.2. The molecule has 0 amide bonds. The smallest absolute Gasteiger partial charge is 0.191 e. The number of rotatable bonds is 18. The van der Waals surface area contributed by atoms with Crippen LogP contribution in [-0.2, 0) is 9.47 Å². The fourth-order valence-electron chi connectivity index (χ4n) is 5.41. The van der Waals surface area contributed by atoms with Gasteiger partial charge in [-0.3, -0.25) is 0 Å². The Balaban J connectivity index is 2.43. The van der Waals surface area contributed by atoms with Crippen LogP contribution >= 0.6 is 0 Å². The third kappa shape index (κ3) is 9.61. The van der Waals surface area contributed by atoms with Gasteiger partial charge in [-0.1, -0.05) is 146 Å². The van der Waals surface area contributed by atoms with Gasteiger partial charge in [0.05, 0.1) is 13.2 Å². The van der Waals surface area contributed by atoms with Gasteiger partial charge in [0.15, 0.2) is 12.5 Å². The van der Waals surface area contributed by atoms with Gasteiger partial charge < -0.3 is 9.47 Å². The predicted molar refractivity (Wildman–Crippen MR) is 146 cm³/mol. The van der Waals surface area contributed by atoms with Crippen LogP contribution in [0.25, 0.3) is 5.57 Å². The average Bonchev–Trinajstić information content (AvgIpc) is 3.27. The van der Waals surface area contributed by atoms with Crippen LogP contribution < -0.4 is 0 Å². The van der Waals surface area contributed by atoms with E-state index in [9.17, 15) is 0 Å². The van der Waals surface area contributed by atoms with Gasteiger partial charge in [0.25, 0.3) is 0 Å². The van der Waals surface area contributed by atoms with Gasteiger partial charge in [-0.25, -0.2) is 0 Å². The van der Waals surface area contributed by atoms with E-state index in [0.717, 1.165) is 0 Å². The van der Waals surface area contributed by atoms with Crippen LogP contribution in [0.5, 0.6) is 0 Å². The molecule has 0 N–H and O–H groups in total. The Morgan fingerprint density at radius 2 is 1.24 bits per heavy atom. The first-order valence-corrected chi connectivity index (χ1v) is 14.2. The molecule has 0 radical (unpaired) electrons. The van der Waals surface area contributed by atoms with E-state index in [0.29, 0.717) is 19.9 Å². The molecule has 0 unspecified atom stereocenters. The minimum absolute atomic E-state index is 0.619. The van der Waals surface area contributed by atoms with Crippen molar-refractivity contribution in [1.29, 1.82) is 0 Å². The summed E-state index contributed by atoms with van der Waals surface area (Å²) in [7, 11) is 0. The van der Waals surface area contributed by atoms with E-state index < -0.39 is 5.79 Å². The molecule has 1 aliphatic rings. The zero-order chi connectivity index (χ0) is 23.8. The maximum absolute atomic E-state index is 6.32. The molecule has 0 saturated carbocycles. The highest BCUT2D eigenvalue weighted by Crippen LogP contribution is 2.41. The van der Waals surface area contributed by atoms with E-state index in [-0.39, 0.29) is 0 Å². The van der Waals surface area contributed by atoms with Crippen molar-refractivity contribution < 1.29 is 9.47 Å². The van der Waals surface area contributed by atoms with E-state index in [4.69, 9.17) is 9.47 Å². The summed E-state index contributed by atoms with van der Waals surface area (Å²) in [6, 6.07) is 11.0. The Morgan fingerprint density at radius 1 is 0.727 bits per heavy atom. The summed E-state index contributed by atoms with van der Waals surface area (Å²) in [4.78, 5) is 0. The molecule has 1 fully saturated rings. The van der Waals surface area contributed by atoms with Gasteiger partial charge >= 0.3 is 0 Å². The number of unbranched alkanes of at least 4 members (excludes halogenated alkanes) is 9. The van der Waals surface area contributed by atoms with Crippen LogP contribution in [0.15, 0.2) is 35.8 Å². The first kappa shape index (κ1) is 28.2. The second-order valence-electron chi connectivity index (χ2n) is 10.1. The highest BCUT2D eigenvalue weighted by molar-refractivity contribution is 6.68. The van der Waals surface area contributed by atoms with Crippen molar-refractivity contribution in [3.05, 3.63) is 41.4 Å². The van der Waals surface area contributed by atoms with E-state index in [2.05, 4.69) is 58.0 Å². The van der Waals surface area contributed by atoms with Crippen molar-refractivity contribution in [3.63, 3.8) is 0 Å². The molecule has 1 heterocycles. The third-order valence-corrected chi connectivity index (χ3v) is 7.28. The fraction of sp³-hybridized carbons (Fsp3) is 0.733. The van der Waals surface area contributed by atoms with Crippen molar-refractivity contribution >= 4 is 12.3 Å². The van der Waals surface area contributed by atoms with Crippen molar-refractivity contribution in [3.8, 4) is 0 Å². The number of ether oxygens (including phenoxy) is 2. The summed E-state index contributed by atoms with van der Waals surface area (Å²) in [6.07, 6.45) is 19.7. The molecule has 0 spiro atoms. The minimum Gasteiger partial charge on any atom is -0.344 e. The molecule has 186 valence electrons.